The molecule has 0 saturated heterocycles. The van der Waals surface area contributed by atoms with Gasteiger partial charge in [0.25, 0.3) is 0 Å². The van der Waals surface area contributed by atoms with E-state index in [9.17, 15) is 0 Å². The molecule has 0 bridgehead atoms. The topological polar surface area (TPSA) is 53.3 Å². The molecule has 2 N–H and O–H groups in total. The summed E-state index contributed by atoms with van der Waals surface area (Å²) in [6.07, 6.45) is 2.26. The first-order valence-corrected chi connectivity index (χ1v) is 8.78. The lowest BCUT2D eigenvalue weighted by atomic mass is 10.3. The zero-order valence-corrected chi connectivity index (χ0v) is 14.9. The predicted octanol–water partition coefficient (Wildman–Crippen LogP) is 3.40. The van der Waals surface area contributed by atoms with E-state index in [0.29, 0.717) is 13.2 Å². The number of hydrogen-bond acceptors (Lipinski definition) is 3. The highest BCUT2D eigenvalue weighted by Crippen LogP contribution is 2.19. The number of unbranched alkanes of at least 4 members (excludes halogenated alkanes) is 1. The second-order valence-corrected chi connectivity index (χ2v) is 6.03. The average molecular weight is 340 g/mol. The van der Waals surface area contributed by atoms with Gasteiger partial charge in [-0.3, -0.25) is 5.73 Å². The van der Waals surface area contributed by atoms with Gasteiger partial charge in [-0.05, 0) is 42.8 Å². The van der Waals surface area contributed by atoms with E-state index in [4.69, 9.17) is 15.2 Å². The molecule has 2 aromatic carbocycles. The average Bonchev–Trinajstić information content (AvgIpc) is 2.92. The van der Waals surface area contributed by atoms with Crippen molar-refractivity contribution in [3.8, 4) is 11.5 Å². The van der Waals surface area contributed by atoms with Crippen LogP contribution in [-0.4, -0.2) is 18.3 Å². The Hall–Kier alpha value is -2.69. The van der Waals surface area contributed by atoms with Crippen molar-refractivity contribution in [1.29, 1.82) is 0 Å². The van der Waals surface area contributed by atoms with Gasteiger partial charge in [0.05, 0.1) is 13.7 Å². The number of aromatic nitrogens is 2. The summed E-state index contributed by atoms with van der Waals surface area (Å²) in [4.78, 5) is 0. The van der Waals surface area contributed by atoms with Crippen molar-refractivity contribution in [2.24, 2.45) is 0 Å². The normalized spacial score (nSPS) is 11.0. The first-order valence-electron chi connectivity index (χ1n) is 8.78. The SMILES string of the molecule is CCCC[n+]1c(N)n(CCOc2ccc(OC)cc2)c2ccccc21. The molecule has 132 valence electrons. The summed E-state index contributed by atoms with van der Waals surface area (Å²) < 4.78 is 15.4. The fourth-order valence-corrected chi connectivity index (χ4v) is 3.03. The molecule has 1 heterocycles. The highest BCUT2D eigenvalue weighted by Gasteiger charge is 2.20. The number of aryl methyl sites for hydroxylation is 1. The maximum absolute atomic E-state index is 6.43. The third kappa shape index (κ3) is 3.71. The number of anilines is 1. The van der Waals surface area contributed by atoms with E-state index in [1.165, 1.54) is 5.52 Å². The Morgan fingerprint density at radius 1 is 1.04 bits per heavy atom. The Kier molecular flexibility index (Phi) is 5.43. The Balaban J connectivity index is 1.75. The van der Waals surface area contributed by atoms with Gasteiger partial charge in [0.1, 0.15) is 35.7 Å². The number of ether oxygens (including phenoxy) is 2. The van der Waals surface area contributed by atoms with Gasteiger partial charge in [0.15, 0.2) is 0 Å². The molecule has 0 amide bonds. The Labute approximate surface area is 148 Å². The monoisotopic (exact) mass is 340 g/mol. The van der Waals surface area contributed by atoms with E-state index in [1.807, 2.05) is 30.3 Å². The van der Waals surface area contributed by atoms with Gasteiger partial charge in [0, 0.05) is 0 Å². The zero-order chi connectivity index (χ0) is 17.6. The van der Waals surface area contributed by atoms with Gasteiger partial charge >= 0.3 is 5.95 Å². The lowest BCUT2D eigenvalue weighted by Crippen LogP contribution is -2.36. The van der Waals surface area contributed by atoms with Crippen LogP contribution in [0.5, 0.6) is 11.5 Å². The molecule has 0 aliphatic carbocycles. The molecule has 0 aliphatic heterocycles. The van der Waals surface area contributed by atoms with Gasteiger partial charge < -0.3 is 9.47 Å². The smallest absolute Gasteiger partial charge is 0.356 e. The van der Waals surface area contributed by atoms with Gasteiger partial charge in [-0.1, -0.05) is 25.5 Å². The number of methoxy groups -OCH3 is 1. The Morgan fingerprint density at radius 2 is 1.76 bits per heavy atom. The van der Waals surface area contributed by atoms with Gasteiger partial charge in [-0.25, -0.2) is 9.13 Å². The molecule has 0 radical (unpaired) electrons. The quantitative estimate of drug-likeness (QED) is 0.640. The molecule has 5 nitrogen and oxygen atoms in total. The van der Waals surface area contributed by atoms with Crippen LogP contribution in [0.25, 0.3) is 11.0 Å². The third-order valence-electron chi connectivity index (χ3n) is 4.39. The maximum atomic E-state index is 6.43. The summed E-state index contributed by atoms with van der Waals surface area (Å²) in [6, 6.07) is 16.0. The Morgan fingerprint density at radius 3 is 2.48 bits per heavy atom. The van der Waals surface area contributed by atoms with Crippen LogP contribution in [0.2, 0.25) is 0 Å². The minimum atomic E-state index is 0.559. The second kappa shape index (κ2) is 7.92. The van der Waals surface area contributed by atoms with Crippen molar-refractivity contribution in [3.63, 3.8) is 0 Å². The minimum Gasteiger partial charge on any atom is -0.497 e. The summed E-state index contributed by atoms with van der Waals surface area (Å²) in [7, 11) is 1.66. The predicted molar refractivity (Wildman–Crippen MR) is 99.9 cm³/mol. The van der Waals surface area contributed by atoms with Crippen LogP contribution in [0.15, 0.2) is 48.5 Å². The van der Waals surface area contributed by atoms with Crippen LogP contribution < -0.4 is 19.8 Å². The van der Waals surface area contributed by atoms with Crippen molar-refractivity contribution in [2.75, 3.05) is 19.5 Å². The number of para-hydroxylation sites is 2. The maximum Gasteiger partial charge on any atom is 0.356 e. The van der Waals surface area contributed by atoms with Gasteiger partial charge in [0.2, 0.25) is 0 Å². The summed E-state index contributed by atoms with van der Waals surface area (Å²) in [5.41, 5.74) is 8.75. The summed E-state index contributed by atoms with van der Waals surface area (Å²) in [5.74, 6) is 2.44. The lowest BCUT2D eigenvalue weighted by molar-refractivity contribution is -0.657. The van der Waals surface area contributed by atoms with E-state index in [2.05, 4.69) is 34.3 Å². The van der Waals surface area contributed by atoms with E-state index in [-0.39, 0.29) is 0 Å². The first kappa shape index (κ1) is 17.1. The molecular weight excluding hydrogens is 314 g/mol. The number of benzene rings is 2. The van der Waals surface area contributed by atoms with Gasteiger partial charge in [-0.2, -0.15) is 0 Å². The van der Waals surface area contributed by atoms with E-state index in [1.54, 1.807) is 7.11 Å². The fraction of sp³-hybridized carbons (Fsp3) is 0.350. The number of nitrogens with zero attached hydrogens (tertiary/aromatic N) is 2. The Bertz CT molecular complexity index is 825. The van der Waals surface area contributed by atoms with E-state index < -0.39 is 0 Å². The third-order valence-corrected chi connectivity index (χ3v) is 4.39. The number of fused-ring (bicyclic) bond motifs is 1. The molecule has 3 rings (SSSR count). The molecule has 0 spiro atoms. The molecule has 25 heavy (non-hydrogen) atoms. The van der Waals surface area contributed by atoms with Crippen LogP contribution in [0, 0.1) is 0 Å². The standard InChI is InChI=1S/C20H25N3O2/c1-3-4-13-22-18-7-5-6-8-19(18)23(20(22)21)14-15-25-17-11-9-16(24-2)10-12-17/h5-12,21H,3-4,13-15H2,1-2H3/p+1. The number of hydrogen-bond donors (Lipinski definition) is 1. The van der Waals surface area contributed by atoms with Crippen molar-refractivity contribution in [2.45, 2.75) is 32.9 Å². The highest BCUT2D eigenvalue weighted by molar-refractivity contribution is 5.73. The molecule has 3 aromatic rings. The highest BCUT2D eigenvalue weighted by atomic mass is 16.5. The largest absolute Gasteiger partial charge is 0.497 e. The summed E-state index contributed by atoms with van der Waals surface area (Å²) >= 11 is 0. The number of nitrogens with two attached hydrogens (primary N) is 1. The van der Waals surface area contributed by atoms with Crippen molar-refractivity contribution < 1.29 is 14.0 Å². The summed E-state index contributed by atoms with van der Waals surface area (Å²) in [6.45, 7) is 4.40. The number of imidazole rings is 1. The van der Waals surface area contributed by atoms with E-state index in [0.717, 1.165) is 42.4 Å². The molecule has 5 heteroatoms. The minimum absolute atomic E-state index is 0.559. The molecule has 0 aliphatic rings. The van der Waals surface area contributed by atoms with Crippen LogP contribution in [-0.2, 0) is 13.1 Å². The first-order chi connectivity index (χ1) is 12.2. The van der Waals surface area contributed by atoms with Crippen molar-refractivity contribution in [3.05, 3.63) is 48.5 Å². The molecular formula is C20H26N3O2+. The van der Waals surface area contributed by atoms with Crippen LogP contribution >= 0.6 is 0 Å². The molecule has 1 aromatic heterocycles. The van der Waals surface area contributed by atoms with Crippen LogP contribution in [0.1, 0.15) is 19.8 Å². The summed E-state index contributed by atoms with van der Waals surface area (Å²) in [5, 5.41) is 0. The van der Waals surface area contributed by atoms with Gasteiger partial charge in [-0.15, -0.1) is 0 Å². The fourth-order valence-electron chi connectivity index (χ4n) is 3.03. The number of rotatable bonds is 8. The molecule has 0 unspecified atom stereocenters. The molecule has 0 atom stereocenters. The van der Waals surface area contributed by atoms with Crippen molar-refractivity contribution in [1.82, 2.24) is 4.57 Å². The second-order valence-electron chi connectivity index (χ2n) is 6.03. The van der Waals surface area contributed by atoms with Crippen molar-refractivity contribution >= 4 is 17.0 Å². The van der Waals surface area contributed by atoms with Crippen LogP contribution in [0.3, 0.4) is 0 Å². The van der Waals surface area contributed by atoms with E-state index >= 15 is 0 Å². The lowest BCUT2D eigenvalue weighted by Gasteiger charge is -2.07. The molecule has 0 saturated carbocycles. The number of nitrogen functional groups attached to an aromatic ring is 1. The zero-order valence-electron chi connectivity index (χ0n) is 14.9. The molecule has 0 fully saturated rings. The van der Waals surface area contributed by atoms with Crippen LogP contribution in [0.4, 0.5) is 5.95 Å².